The highest BCUT2D eigenvalue weighted by atomic mass is 31.2. The predicted octanol–water partition coefficient (Wildman–Crippen LogP) is 3.77. The fourth-order valence-corrected chi connectivity index (χ4v) is 2.71. The van der Waals surface area contributed by atoms with Gasteiger partial charge in [-0.15, -0.1) is 6.58 Å². The highest BCUT2D eigenvalue weighted by Crippen LogP contribution is 2.53. The normalized spacial score (nSPS) is 14.3. The van der Waals surface area contributed by atoms with Gasteiger partial charge in [-0.2, -0.15) is 0 Å². The van der Waals surface area contributed by atoms with E-state index in [1.165, 1.54) is 0 Å². The van der Waals surface area contributed by atoms with Crippen LogP contribution in [-0.2, 0) is 13.6 Å². The first-order valence-electron chi connectivity index (χ1n) is 5.27. The first kappa shape index (κ1) is 14.6. The summed E-state index contributed by atoms with van der Waals surface area (Å²) >= 11 is 0. The molecule has 0 saturated carbocycles. The van der Waals surface area contributed by atoms with E-state index in [-0.39, 0.29) is 5.66 Å². The molecule has 1 atom stereocenters. The third-order valence-corrected chi connectivity index (χ3v) is 4.24. The van der Waals surface area contributed by atoms with Crippen LogP contribution in [0.4, 0.5) is 0 Å². The van der Waals surface area contributed by atoms with Crippen LogP contribution in [0.25, 0.3) is 0 Å². The fourth-order valence-electron chi connectivity index (χ4n) is 1.11. The molecule has 0 rings (SSSR count). The van der Waals surface area contributed by atoms with Gasteiger partial charge in [0.15, 0.2) is 0 Å². The topological polar surface area (TPSA) is 35.5 Å². The number of rotatable bonds is 8. The van der Waals surface area contributed by atoms with Crippen molar-refractivity contribution in [2.75, 3.05) is 13.2 Å². The van der Waals surface area contributed by atoms with Crippen molar-refractivity contribution in [1.29, 1.82) is 0 Å². The standard InChI is InChI=1S/C11H21O3P/c1-5-8-9-10-11(4)15(12,13-6-2)14-7-3/h5,9-11H,1,6-8H2,2-4H3/b10-9+. The quantitative estimate of drug-likeness (QED) is 0.472. The van der Waals surface area contributed by atoms with Gasteiger partial charge < -0.3 is 9.05 Å². The minimum atomic E-state index is -2.97. The number of allylic oxidation sites excluding steroid dienone is 3. The van der Waals surface area contributed by atoms with E-state index in [1.807, 2.05) is 32.9 Å². The molecule has 88 valence electrons. The molecule has 0 amide bonds. The summed E-state index contributed by atoms with van der Waals surface area (Å²) in [5, 5.41) is 0. The van der Waals surface area contributed by atoms with E-state index in [0.717, 1.165) is 6.42 Å². The van der Waals surface area contributed by atoms with Gasteiger partial charge in [-0.1, -0.05) is 18.2 Å². The van der Waals surface area contributed by atoms with Crippen molar-refractivity contribution in [1.82, 2.24) is 0 Å². The maximum Gasteiger partial charge on any atom is 0.337 e. The van der Waals surface area contributed by atoms with Crippen LogP contribution in [0.3, 0.4) is 0 Å². The van der Waals surface area contributed by atoms with Crippen LogP contribution >= 0.6 is 7.60 Å². The smallest absolute Gasteiger partial charge is 0.308 e. The lowest BCUT2D eigenvalue weighted by Crippen LogP contribution is -2.07. The highest BCUT2D eigenvalue weighted by Gasteiger charge is 2.29. The van der Waals surface area contributed by atoms with Gasteiger partial charge >= 0.3 is 7.60 Å². The third-order valence-electron chi connectivity index (χ3n) is 1.83. The summed E-state index contributed by atoms with van der Waals surface area (Å²) < 4.78 is 22.6. The maximum absolute atomic E-state index is 12.2. The Bertz CT molecular complexity index is 238. The van der Waals surface area contributed by atoms with Gasteiger partial charge in [0.2, 0.25) is 0 Å². The molecular weight excluding hydrogens is 211 g/mol. The molecule has 3 nitrogen and oxygen atoms in total. The first-order valence-corrected chi connectivity index (χ1v) is 6.88. The Morgan fingerprint density at radius 2 is 1.87 bits per heavy atom. The van der Waals surface area contributed by atoms with E-state index >= 15 is 0 Å². The van der Waals surface area contributed by atoms with Crippen molar-refractivity contribution in [3.8, 4) is 0 Å². The molecule has 15 heavy (non-hydrogen) atoms. The van der Waals surface area contributed by atoms with Gasteiger partial charge in [0.25, 0.3) is 0 Å². The Morgan fingerprint density at radius 3 is 2.27 bits per heavy atom. The summed E-state index contributed by atoms with van der Waals surface area (Å²) in [5.74, 6) is 0. The molecule has 0 radical (unpaired) electrons. The van der Waals surface area contributed by atoms with Crippen LogP contribution in [0.15, 0.2) is 24.8 Å². The summed E-state index contributed by atoms with van der Waals surface area (Å²) in [6.45, 7) is 9.87. The van der Waals surface area contributed by atoms with Crippen LogP contribution in [0.5, 0.6) is 0 Å². The lowest BCUT2D eigenvalue weighted by atomic mass is 10.3. The molecule has 0 saturated heterocycles. The van der Waals surface area contributed by atoms with Crippen molar-refractivity contribution >= 4 is 7.60 Å². The first-order chi connectivity index (χ1) is 7.10. The Kier molecular flexibility index (Phi) is 7.67. The molecule has 0 bridgehead atoms. The lowest BCUT2D eigenvalue weighted by Gasteiger charge is -2.20. The minimum Gasteiger partial charge on any atom is -0.308 e. The lowest BCUT2D eigenvalue weighted by molar-refractivity contribution is 0.216. The van der Waals surface area contributed by atoms with E-state index in [2.05, 4.69) is 6.58 Å². The van der Waals surface area contributed by atoms with E-state index in [1.54, 1.807) is 6.08 Å². The molecule has 0 aromatic carbocycles. The average molecular weight is 232 g/mol. The second-order valence-corrected chi connectivity index (χ2v) is 5.48. The molecule has 0 aliphatic heterocycles. The van der Waals surface area contributed by atoms with Gasteiger partial charge in [0.05, 0.1) is 18.9 Å². The second-order valence-electron chi connectivity index (χ2n) is 3.07. The Morgan fingerprint density at radius 1 is 1.33 bits per heavy atom. The summed E-state index contributed by atoms with van der Waals surface area (Å²) in [7, 11) is -2.97. The summed E-state index contributed by atoms with van der Waals surface area (Å²) in [5.41, 5.74) is -0.211. The number of hydrogen-bond donors (Lipinski definition) is 0. The van der Waals surface area contributed by atoms with Crippen LogP contribution in [0, 0.1) is 0 Å². The van der Waals surface area contributed by atoms with Crippen molar-refractivity contribution < 1.29 is 13.6 Å². The molecule has 0 fully saturated rings. The Hall–Kier alpha value is -0.370. The largest absolute Gasteiger partial charge is 0.337 e. The second kappa shape index (κ2) is 7.86. The highest BCUT2D eigenvalue weighted by molar-refractivity contribution is 7.54. The average Bonchev–Trinajstić information content (AvgIpc) is 2.18. The van der Waals surface area contributed by atoms with Gasteiger partial charge in [-0.05, 0) is 27.2 Å². The molecule has 0 N–H and O–H groups in total. The molecule has 0 aromatic rings. The SMILES string of the molecule is C=CC/C=C/C(C)P(=O)(OCC)OCC. The van der Waals surface area contributed by atoms with Gasteiger partial charge in [-0.3, -0.25) is 4.57 Å². The monoisotopic (exact) mass is 232 g/mol. The van der Waals surface area contributed by atoms with Crippen molar-refractivity contribution in [3.63, 3.8) is 0 Å². The van der Waals surface area contributed by atoms with Crippen LogP contribution < -0.4 is 0 Å². The maximum atomic E-state index is 12.2. The van der Waals surface area contributed by atoms with E-state index in [0.29, 0.717) is 13.2 Å². The molecule has 0 heterocycles. The van der Waals surface area contributed by atoms with Crippen molar-refractivity contribution in [3.05, 3.63) is 24.8 Å². The van der Waals surface area contributed by atoms with E-state index in [9.17, 15) is 4.57 Å². The summed E-state index contributed by atoms with van der Waals surface area (Å²) in [4.78, 5) is 0. The zero-order valence-electron chi connectivity index (χ0n) is 9.81. The zero-order chi connectivity index (χ0) is 11.7. The molecule has 1 unspecified atom stereocenters. The molecule has 0 spiro atoms. The van der Waals surface area contributed by atoms with Crippen LogP contribution in [0.1, 0.15) is 27.2 Å². The van der Waals surface area contributed by atoms with Crippen molar-refractivity contribution in [2.24, 2.45) is 0 Å². The summed E-state index contributed by atoms with van der Waals surface area (Å²) in [6.07, 6.45) is 6.33. The minimum absolute atomic E-state index is 0.211. The number of hydrogen-bond acceptors (Lipinski definition) is 3. The molecular formula is C11H21O3P. The predicted molar refractivity (Wildman–Crippen MR) is 64.3 cm³/mol. The van der Waals surface area contributed by atoms with Gasteiger partial charge in [-0.25, -0.2) is 0 Å². The zero-order valence-corrected chi connectivity index (χ0v) is 10.7. The molecule has 4 heteroatoms. The third kappa shape index (κ3) is 5.31. The van der Waals surface area contributed by atoms with Gasteiger partial charge in [0.1, 0.15) is 0 Å². The summed E-state index contributed by atoms with van der Waals surface area (Å²) in [6, 6.07) is 0. The van der Waals surface area contributed by atoms with Crippen LogP contribution in [-0.4, -0.2) is 18.9 Å². The van der Waals surface area contributed by atoms with E-state index in [4.69, 9.17) is 9.05 Å². The van der Waals surface area contributed by atoms with E-state index < -0.39 is 7.60 Å². The molecule has 0 aromatic heterocycles. The molecule has 0 aliphatic carbocycles. The van der Waals surface area contributed by atoms with Crippen LogP contribution in [0.2, 0.25) is 0 Å². The molecule has 0 aliphatic rings. The van der Waals surface area contributed by atoms with Gasteiger partial charge in [0, 0.05) is 0 Å². The Labute approximate surface area is 92.7 Å². The van der Waals surface area contributed by atoms with Crippen molar-refractivity contribution in [2.45, 2.75) is 32.9 Å². The fraction of sp³-hybridized carbons (Fsp3) is 0.636. The Balaban J connectivity index is 4.46.